The van der Waals surface area contributed by atoms with Gasteiger partial charge in [0.05, 0.1) is 12.0 Å². The first-order chi connectivity index (χ1) is 37.4. The summed E-state index contributed by atoms with van der Waals surface area (Å²) in [4.78, 5) is 15.0. The lowest BCUT2D eigenvalue weighted by molar-refractivity contribution is 0.0228. The molecule has 3 aliphatic heterocycles. The van der Waals surface area contributed by atoms with Crippen molar-refractivity contribution in [2.45, 2.75) is 91.8 Å². The molecule has 0 aliphatic carbocycles. The number of aliphatic hydroxyl groups is 1. The Morgan fingerprint density at radius 3 is 1.58 bits per heavy atom. The van der Waals surface area contributed by atoms with Crippen molar-refractivity contribution in [1.82, 2.24) is 0 Å². The fourth-order valence-electron chi connectivity index (χ4n) is 8.28. The number of hydrogen-bond donors (Lipinski definition) is 1. The average Bonchev–Trinajstić information content (AvgIpc) is 4.05. The Kier molecular flexibility index (Phi) is 23.3. The Morgan fingerprint density at radius 1 is 0.590 bits per heavy atom. The van der Waals surface area contributed by atoms with Crippen molar-refractivity contribution in [2.24, 2.45) is 0 Å². The highest BCUT2D eigenvalue weighted by molar-refractivity contribution is 7.99. The number of methoxy groups -OCH3 is 4. The topological polar surface area (TPSA) is 148 Å². The Bertz CT molecular complexity index is 2710. The highest BCUT2D eigenvalue weighted by Crippen LogP contribution is 2.53. The molecule has 78 heavy (non-hydrogen) atoms. The summed E-state index contributed by atoms with van der Waals surface area (Å²) in [5.41, 5.74) is 0.510. The molecule has 3 aliphatic rings. The molecule has 0 saturated carbocycles. The first kappa shape index (κ1) is 62.0. The Balaban J connectivity index is 0.000000263. The van der Waals surface area contributed by atoms with Crippen LogP contribution >= 0.6 is 23.5 Å². The van der Waals surface area contributed by atoms with Crippen molar-refractivity contribution >= 4 is 37.6 Å². The van der Waals surface area contributed by atoms with Crippen molar-refractivity contribution in [3.63, 3.8) is 0 Å². The van der Waals surface area contributed by atoms with Gasteiger partial charge in [0, 0.05) is 79.5 Å². The van der Waals surface area contributed by atoms with Gasteiger partial charge in [0.15, 0.2) is 46.9 Å². The van der Waals surface area contributed by atoms with Crippen LogP contribution in [-0.2, 0) is 44.5 Å². The van der Waals surface area contributed by atoms with Crippen LogP contribution < -0.4 is 28.4 Å². The first-order valence-corrected chi connectivity index (χ1v) is 30.9. The largest absolute Gasteiger partial charge is 0.491 e. The van der Waals surface area contributed by atoms with Gasteiger partial charge in [-0.1, -0.05) is 69.9 Å². The molecule has 0 spiro atoms. The lowest BCUT2D eigenvalue weighted by Crippen LogP contribution is -2.50. The highest BCUT2D eigenvalue weighted by atomic mass is 32.2. The molecule has 0 aromatic heterocycles. The van der Waals surface area contributed by atoms with Gasteiger partial charge in [-0.3, -0.25) is 4.79 Å². The minimum atomic E-state index is -1.80. The third-order valence-electron chi connectivity index (χ3n) is 14.1. The summed E-state index contributed by atoms with van der Waals surface area (Å²) in [5.74, 6) is 11.9. The van der Waals surface area contributed by atoms with Crippen LogP contribution in [0.1, 0.15) is 74.5 Å². The number of fused-ring (bicyclic) bond motifs is 2. The molecule has 3 atom stereocenters. The van der Waals surface area contributed by atoms with Gasteiger partial charge in [-0.15, -0.1) is 23.5 Å². The van der Waals surface area contributed by atoms with Crippen LogP contribution in [0.15, 0.2) is 119 Å². The molecule has 422 valence electrons. The zero-order valence-electron chi connectivity index (χ0n) is 47.2. The molecule has 0 bridgehead atoms. The lowest BCUT2D eigenvalue weighted by atomic mass is 9.66. The van der Waals surface area contributed by atoms with E-state index in [0.29, 0.717) is 53.3 Å². The smallest absolute Gasteiger partial charge is 0.192 e. The minimum absolute atomic E-state index is 0.0975. The van der Waals surface area contributed by atoms with Crippen LogP contribution in [0.25, 0.3) is 0 Å². The molecule has 3 unspecified atom stereocenters. The van der Waals surface area contributed by atoms with Crippen molar-refractivity contribution in [3.8, 4) is 46.3 Å². The second kappa shape index (κ2) is 29.3. The molecule has 1 N–H and O–H groups in total. The Labute approximate surface area is 471 Å². The molecule has 8 rings (SSSR count). The molecule has 1 saturated heterocycles. The van der Waals surface area contributed by atoms with Crippen LogP contribution in [0.3, 0.4) is 0 Å². The fourth-order valence-corrected chi connectivity index (χ4v) is 12.0. The molecular weight excluding hydrogens is 1050 g/mol. The normalized spacial score (nSPS) is 19.5. The van der Waals surface area contributed by atoms with Crippen LogP contribution in [-0.4, -0.2) is 119 Å². The minimum Gasteiger partial charge on any atom is -0.491 e. The maximum Gasteiger partial charge on any atom is 0.192 e. The van der Waals surface area contributed by atoms with Crippen molar-refractivity contribution in [1.29, 1.82) is 0 Å². The summed E-state index contributed by atoms with van der Waals surface area (Å²) in [5, 5.41) is 12.7. The lowest BCUT2D eigenvalue weighted by Gasteiger charge is -2.46. The second-order valence-electron chi connectivity index (χ2n) is 20.7. The number of carbonyl (C=O) groups is 1. The summed E-state index contributed by atoms with van der Waals surface area (Å²) < 4.78 is 65.1. The fraction of sp³-hybridized carbons (Fsp3) is 0.459. The highest BCUT2D eigenvalue weighted by Gasteiger charge is 2.52. The van der Waals surface area contributed by atoms with Crippen LogP contribution in [0.4, 0.5) is 0 Å². The molecule has 14 nitrogen and oxygen atoms in total. The van der Waals surface area contributed by atoms with Gasteiger partial charge in [0.1, 0.15) is 47.7 Å². The van der Waals surface area contributed by atoms with E-state index in [1.54, 1.807) is 52.0 Å². The van der Waals surface area contributed by atoms with Crippen LogP contribution in [0.2, 0.25) is 18.1 Å². The summed E-state index contributed by atoms with van der Waals surface area (Å²) in [7, 11) is 4.51. The molecule has 1 fully saturated rings. The van der Waals surface area contributed by atoms with Gasteiger partial charge in [-0.25, -0.2) is 0 Å². The summed E-state index contributed by atoms with van der Waals surface area (Å²) in [6.45, 7) is 19.0. The number of rotatable bonds is 21. The monoisotopic (exact) mass is 1130 g/mol. The predicted molar refractivity (Wildman–Crippen MR) is 309 cm³/mol. The van der Waals surface area contributed by atoms with E-state index >= 15 is 0 Å². The van der Waals surface area contributed by atoms with Crippen molar-refractivity contribution in [2.75, 3.05) is 100 Å². The number of carbonyl (C=O) groups excluding carboxylic acids is 1. The van der Waals surface area contributed by atoms with Crippen LogP contribution in [0.5, 0.6) is 34.5 Å². The van der Waals surface area contributed by atoms with Gasteiger partial charge in [0.25, 0.3) is 0 Å². The molecule has 3 heterocycles. The number of ether oxygens (including phenoxy) is 11. The third-order valence-corrected chi connectivity index (χ3v) is 21.4. The first-order valence-electron chi connectivity index (χ1n) is 26.0. The molecule has 5 aromatic carbocycles. The molecular formula is C61H78O14S2Si. The summed E-state index contributed by atoms with van der Waals surface area (Å²) >= 11 is 3.32. The van der Waals surface area contributed by atoms with E-state index in [4.69, 9.17) is 56.5 Å². The molecule has 17 heteroatoms. The van der Waals surface area contributed by atoms with Gasteiger partial charge in [-0.05, 0) is 128 Å². The molecule has 5 aromatic rings. The van der Waals surface area contributed by atoms with Crippen LogP contribution in [0, 0.1) is 11.8 Å². The van der Waals surface area contributed by atoms with E-state index < -0.39 is 24.7 Å². The second-order valence-corrected chi connectivity index (χ2v) is 27.5. The number of hydrogen-bond acceptors (Lipinski definition) is 16. The Hall–Kier alpha value is -5.23. The van der Waals surface area contributed by atoms with Gasteiger partial charge in [-0.2, -0.15) is 0 Å². The number of benzene rings is 5. The van der Waals surface area contributed by atoms with E-state index in [9.17, 15) is 9.90 Å². The van der Waals surface area contributed by atoms with E-state index in [1.807, 2.05) is 123 Å². The predicted octanol–water partition coefficient (Wildman–Crippen LogP) is 12.1. The molecule has 0 radical (unpaired) electrons. The van der Waals surface area contributed by atoms with E-state index in [2.05, 4.69) is 45.7 Å². The summed E-state index contributed by atoms with van der Waals surface area (Å²) in [6.07, 6.45) is 2.56. The standard InChI is InChI=1S/C37H48O8SSi.C20H22O5S.C4H8O/c1-35(2,3)47(7,8)45-23-22-42-30-16-14-29(15-17-30)41-21-9-20-37(38)33-19-18-32(44-27-40-6)24-34(33)46-25-36(37,4)28-10-12-31(13-11-28)43-26-39-5;1-20(14-4-6-15(7-5-14)24-12-22-2)11-26-18-10-16(25-13-23-3)8-9-17(18)19(20)21;1-2-4-5-3-1/h10-19,24,38H,21-23,25-27H2,1-8H3;4-10H,11-13H2,1-3H3;1-4H2. The SMILES string of the molecule is C1CCOC1.COCOc1ccc(C2(C)CSc3cc(OCOC)ccc3C2(O)C#CCOc2ccc(OCCO[Si](C)(C)C(C)(C)C)cc2)cc1.COCOc1ccc(C2(C)CSc3cc(OCOC)ccc3C2=O)cc1. The maximum absolute atomic E-state index is 13.2. The third kappa shape index (κ3) is 16.2. The van der Waals surface area contributed by atoms with Gasteiger partial charge < -0.3 is 61.6 Å². The maximum atomic E-state index is 13.2. The van der Waals surface area contributed by atoms with E-state index in [0.717, 1.165) is 51.2 Å². The zero-order chi connectivity index (χ0) is 56.2. The van der Waals surface area contributed by atoms with E-state index in [1.165, 1.54) is 12.8 Å². The van der Waals surface area contributed by atoms with Crippen molar-refractivity contribution < 1.29 is 66.4 Å². The molecule has 0 amide bonds. The van der Waals surface area contributed by atoms with E-state index in [-0.39, 0.29) is 44.6 Å². The average molecular weight is 1130 g/mol. The number of ketones is 1. The number of thioether (sulfide) groups is 2. The van der Waals surface area contributed by atoms with Gasteiger partial charge in [0.2, 0.25) is 0 Å². The van der Waals surface area contributed by atoms with Crippen molar-refractivity contribution in [3.05, 3.63) is 131 Å². The quantitative estimate of drug-likeness (QED) is 0.0321. The van der Waals surface area contributed by atoms with Gasteiger partial charge >= 0.3 is 0 Å². The zero-order valence-corrected chi connectivity index (χ0v) is 49.8. The Morgan fingerprint density at radius 2 is 1.05 bits per heavy atom. The number of Topliss-reactive ketones (excluding diaryl/α,β-unsaturated/α-hetero) is 1. The summed E-state index contributed by atoms with van der Waals surface area (Å²) in [6, 6.07) is 34.0.